The zero-order chi connectivity index (χ0) is 14.4. The van der Waals surface area contributed by atoms with Gasteiger partial charge in [0, 0.05) is 24.8 Å². The Kier molecular flexibility index (Phi) is 5.19. The molecule has 0 radical (unpaired) electrons. The topological polar surface area (TPSA) is 15.3 Å². The van der Waals surface area contributed by atoms with Crippen molar-refractivity contribution >= 4 is 5.69 Å². The molecule has 106 valence electrons. The Balaban J connectivity index is 2.29. The Labute approximate surface area is 122 Å². The van der Waals surface area contributed by atoms with Crippen LogP contribution in [0, 0.1) is 0 Å². The molecule has 1 N–H and O–H groups in total. The van der Waals surface area contributed by atoms with Crippen LogP contribution in [-0.2, 0) is 13.1 Å². The molecule has 0 fully saturated rings. The molecule has 2 aromatic rings. The van der Waals surface area contributed by atoms with Gasteiger partial charge in [0.05, 0.1) is 0 Å². The van der Waals surface area contributed by atoms with Crippen LogP contribution in [0.25, 0.3) is 0 Å². The fourth-order valence-electron chi connectivity index (χ4n) is 2.46. The van der Waals surface area contributed by atoms with Gasteiger partial charge in [-0.1, -0.05) is 48.5 Å². The third-order valence-corrected chi connectivity index (χ3v) is 3.49. The molecular formula is C18H24N2. The second-order valence-electron chi connectivity index (χ2n) is 5.37. The number of anilines is 1. The van der Waals surface area contributed by atoms with E-state index in [1.165, 1.54) is 16.8 Å². The molecule has 0 aromatic heterocycles. The first-order valence-electron chi connectivity index (χ1n) is 7.25. The van der Waals surface area contributed by atoms with Crippen LogP contribution in [0.5, 0.6) is 0 Å². The van der Waals surface area contributed by atoms with Crippen LogP contribution < -0.4 is 10.2 Å². The van der Waals surface area contributed by atoms with Crippen molar-refractivity contribution in [2.24, 2.45) is 0 Å². The lowest BCUT2D eigenvalue weighted by atomic mass is 10.1. The van der Waals surface area contributed by atoms with Crippen molar-refractivity contribution in [3.8, 4) is 0 Å². The molecular weight excluding hydrogens is 244 g/mol. The van der Waals surface area contributed by atoms with Crippen molar-refractivity contribution in [2.45, 2.75) is 33.0 Å². The highest BCUT2D eigenvalue weighted by molar-refractivity contribution is 5.54. The van der Waals surface area contributed by atoms with E-state index in [0.29, 0.717) is 6.04 Å². The normalized spacial score (nSPS) is 10.8. The predicted molar refractivity (Wildman–Crippen MR) is 87.0 cm³/mol. The molecule has 0 saturated heterocycles. The third-order valence-electron chi connectivity index (χ3n) is 3.49. The maximum absolute atomic E-state index is 3.26. The number of nitrogens with one attached hydrogen (secondary N) is 1. The van der Waals surface area contributed by atoms with E-state index >= 15 is 0 Å². The van der Waals surface area contributed by atoms with Gasteiger partial charge in [-0.2, -0.15) is 0 Å². The Morgan fingerprint density at radius 1 is 0.950 bits per heavy atom. The van der Waals surface area contributed by atoms with Crippen molar-refractivity contribution in [1.29, 1.82) is 0 Å². The second-order valence-corrected chi connectivity index (χ2v) is 5.37. The van der Waals surface area contributed by atoms with Crippen molar-refractivity contribution in [2.75, 3.05) is 11.9 Å². The molecule has 0 aliphatic carbocycles. The highest BCUT2D eigenvalue weighted by Crippen LogP contribution is 2.24. The van der Waals surface area contributed by atoms with Gasteiger partial charge in [0.2, 0.25) is 0 Å². The van der Waals surface area contributed by atoms with E-state index in [4.69, 9.17) is 0 Å². The van der Waals surface area contributed by atoms with E-state index < -0.39 is 0 Å². The number of hydrogen-bond acceptors (Lipinski definition) is 2. The third kappa shape index (κ3) is 3.61. The Hall–Kier alpha value is -1.80. The maximum atomic E-state index is 3.26. The summed E-state index contributed by atoms with van der Waals surface area (Å²) in [5.41, 5.74) is 4.01. The van der Waals surface area contributed by atoms with E-state index in [1.54, 1.807) is 0 Å². The van der Waals surface area contributed by atoms with Crippen molar-refractivity contribution < 1.29 is 0 Å². The lowest BCUT2D eigenvalue weighted by Gasteiger charge is -2.31. The molecule has 2 rings (SSSR count). The SMILES string of the molecule is CNCc1ccccc1N(Cc1ccccc1)C(C)C. The Morgan fingerprint density at radius 3 is 2.25 bits per heavy atom. The van der Waals surface area contributed by atoms with Gasteiger partial charge in [0.25, 0.3) is 0 Å². The van der Waals surface area contributed by atoms with Crippen LogP contribution in [-0.4, -0.2) is 13.1 Å². The Bertz CT molecular complexity index is 520. The van der Waals surface area contributed by atoms with Gasteiger partial charge in [-0.15, -0.1) is 0 Å². The summed E-state index contributed by atoms with van der Waals surface area (Å²) in [6, 6.07) is 19.8. The van der Waals surface area contributed by atoms with Crippen molar-refractivity contribution in [1.82, 2.24) is 5.32 Å². The molecule has 0 amide bonds. The van der Waals surface area contributed by atoms with Crippen molar-refractivity contribution in [3.05, 3.63) is 65.7 Å². The van der Waals surface area contributed by atoms with E-state index in [1.807, 2.05) is 7.05 Å². The molecule has 2 nitrogen and oxygen atoms in total. The lowest BCUT2D eigenvalue weighted by molar-refractivity contribution is 0.674. The zero-order valence-electron chi connectivity index (χ0n) is 12.6. The maximum Gasteiger partial charge on any atom is 0.0432 e. The van der Waals surface area contributed by atoms with E-state index in [-0.39, 0.29) is 0 Å². The van der Waals surface area contributed by atoms with Gasteiger partial charge in [0.1, 0.15) is 0 Å². The number of para-hydroxylation sites is 1. The second kappa shape index (κ2) is 7.11. The molecule has 0 aliphatic heterocycles. The monoisotopic (exact) mass is 268 g/mol. The number of rotatable bonds is 6. The Morgan fingerprint density at radius 2 is 1.60 bits per heavy atom. The summed E-state index contributed by atoms with van der Waals surface area (Å²) in [5, 5.41) is 3.26. The summed E-state index contributed by atoms with van der Waals surface area (Å²) >= 11 is 0. The van der Waals surface area contributed by atoms with Crippen LogP contribution in [0.2, 0.25) is 0 Å². The molecule has 0 bridgehead atoms. The lowest BCUT2D eigenvalue weighted by Crippen LogP contribution is -2.31. The highest BCUT2D eigenvalue weighted by Gasteiger charge is 2.14. The van der Waals surface area contributed by atoms with Crippen LogP contribution in [0.4, 0.5) is 5.69 Å². The summed E-state index contributed by atoms with van der Waals surface area (Å²) in [5.74, 6) is 0. The number of hydrogen-bond donors (Lipinski definition) is 1. The van der Waals surface area contributed by atoms with E-state index in [0.717, 1.165) is 13.1 Å². The average molecular weight is 268 g/mol. The molecule has 0 heterocycles. The molecule has 0 spiro atoms. The minimum atomic E-state index is 0.466. The largest absolute Gasteiger partial charge is 0.365 e. The van der Waals surface area contributed by atoms with Crippen LogP contribution in [0.3, 0.4) is 0 Å². The number of benzene rings is 2. The van der Waals surface area contributed by atoms with Gasteiger partial charge in [-0.25, -0.2) is 0 Å². The van der Waals surface area contributed by atoms with E-state index in [9.17, 15) is 0 Å². The molecule has 20 heavy (non-hydrogen) atoms. The van der Waals surface area contributed by atoms with Gasteiger partial charge < -0.3 is 10.2 Å². The van der Waals surface area contributed by atoms with Gasteiger partial charge >= 0.3 is 0 Å². The molecule has 2 aromatic carbocycles. The standard InChI is InChI=1S/C18H24N2/c1-15(2)20(14-16-9-5-4-6-10-16)18-12-8-7-11-17(18)13-19-3/h4-12,15,19H,13-14H2,1-3H3. The highest BCUT2D eigenvalue weighted by atomic mass is 15.2. The summed E-state index contributed by atoms with van der Waals surface area (Å²) in [6.07, 6.45) is 0. The summed E-state index contributed by atoms with van der Waals surface area (Å²) in [7, 11) is 1.99. The fraction of sp³-hybridized carbons (Fsp3) is 0.333. The quantitative estimate of drug-likeness (QED) is 0.856. The van der Waals surface area contributed by atoms with Crippen LogP contribution >= 0.6 is 0 Å². The zero-order valence-corrected chi connectivity index (χ0v) is 12.6. The summed E-state index contributed by atoms with van der Waals surface area (Å²) < 4.78 is 0. The molecule has 0 atom stereocenters. The number of nitrogens with zero attached hydrogens (tertiary/aromatic N) is 1. The van der Waals surface area contributed by atoms with Crippen LogP contribution in [0.15, 0.2) is 54.6 Å². The van der Waals surface area contributed by atoms with Gasteiger partial charge in [-0.3, -0.25) is 0 Å². The average Bonchev–Trinajstić information content (AvgIpc) is 2.47. The van der Waals surface area contributed by atoms with E-state index in [2.05, 4.69) is 78.7 Å². The predicted octanol–water partition coefficient (Wildman–Crippen LogP) is 3.82. The summed E-state index contributed by atoms with van der Waals surface area (Å²) in [4.78, 5) is 2.46. The molecule has 2 heteroatoms. The fourth-order valence-corrected chi connectivity index (χ4v) is 2.46. The molecule has 0 saturated carbocycles. The first-order chi connectivity index (χ1) is 9.72. The van der Waals surface area contributed by atoms with Crippen molar-refractivity contribution in [3.63, 3.8) is 0 Å². The minimum Gasteiger partial charge on any atom is -0.365 e. The van der Waals surface area contributed by atoms with Gasteiger partial charge in [-0.05, 0) is 38.1 Å². The van der Waals surface area contributed by atoms with Gasteiger partial charge in [0.15, 0.2) is 0 Å². The summed E-state index contributed by atoms with van der Waals surface area (Å²) in [6.45, 7) is 6.34. The minimum absolute atomic E-state index is 0.466. The first kappa shape index (κ1) is 14.6. The smallest absolute Gasteiger partial charge is 0.0432 e. The molecule has 0 unspecified atom stereocenters. The molecule has 0 aliphatic rings. The van der Waals surface area contributed by atoms with Crippen LogP contribution in [0.1, 0.15) is 25.0 Å². The first-order valence-corrected chi connectivity index (χ1v) is 7.25.